The van der Waals surface area contributed by atoms with Crippen LogP contribution >= 0.6 is 11.3 Å². The van der Waals surface area contributed by atoms with Crippen molar-refractivity contribution < 1.29 is 19.1 Å². The number of anilines is 1. The van der Waals surface area contributed by atoms with Gasteiger partial charge in [-0.15, -0.1) is 11.3 Å². The van der Waals surface area contributed by atoms with Crippen LogP contribution in [0.15, 0.2) is 24.3 Å². The Kier molecular flexibility index (Phi) is 6.27. The summed E-state index contributed by atoms with van der Waals surface area (Å²) in [6.07, 6.45) is 5.67. The zero-order chi connectivity index (χ0) is 21.1. The number of likely N-dealkylation sites (tertiary alicyclic amines) is 1. The van der Waals surface area contributed by atoms with E-state index in [0.29, 0.717) is 23.6 Å². The molecule has 0 radical (unpaired) electrons. The van der Waals surface area contributed by atoms with Gasteiger partial charge in [0.05, 0.1) is 24.8 Å². The number of piperidine rings is 1. The minimum atomic E-state index is -0.124. The lowest BCUT2D eigenvalue weighted by atomic mass is 9.87. The summed E-state index contributed by atoms with van der Waals surface area (Å²) >= 11 is 1.61. The molecule has 2 amide bonds. The number of rotatable bonds is 5. The summed E-state index contributed by atoms with van der Waals surface area (Å²) in [6, 6.07) is 7.37. The van der Waals surface area contributed by atoms with Crippen LogP contribution in [0.2, 0.25) is 0 Å². The number of hydrogen-bond acceptors (Lipinski definition) is 5. The van der Waals surface area contributed by atoms with Gasteiger partial charge >= 0.3 is 0 Å². The average Bonchev–Trinajstić information content (AvgIpc) is 3.22. The normalized spacial score (nSPS) is 18.5. The van der Waals surface area contributed by atoms with Crippen LogP contribution < -0.4 is 14.8 Å². The molecule has 0 unspecified atom stereocenters. The summed E-state index contributed by atoms with van der Waals surface area (Å²) < 4.78 is 10.6. The molecular weight excluding hydrogens is 400 g/mol. The zero-order valence-corrected chi connectivity index (χ0v) is 18.3. The SMILES string of the molecule is COc1ccc(OC)c(NC(=O)[C@H]2CCc3sc(C(=O)N4CCCCC4)cc3C2)c1. The Morgan fingerprint density at radius 2 is 1.90 bits per heavy atom. The first kappa shape index (κ1) is 20.7. The number of fused-ring (bicyclic) bond motifs is 1. The average molecular weight is 429 g/mol. The smallest absolute Gasteiger partial charge is 0.263 e. The van der Waals surface area contributed by atoms with Crippen LogP contribution in [0.3, 0.4) is 0 Å². The molecule has 1 aliphatic carbocycles. The predicted octanol–water partition coefficient (Wildman–Crippen LogP) is 4.14. The fourth-order valence-corrected chi connectivity index (χ4v) is 5.43. The first-order valence-corrected chi connectivity index (χ1v) is 11.3. The molecule has 1 aromatic heterocycles. The molecule has 160 valence electrons. The molecule has 1 fully saturated rings. The Morgan fingerprint density at radius 1 is 1.10 bits per heavy atom. The lowest BCUT2D eigenvalue weighted by Crippen LogP contribution is -2.35. The Labute approximate surface area is 181 Å². The van der Waals surface area contributed by atoms with Crippen molar-refractivity contribution in [3.8, 4) is 11.5 Å². The van der Waals surface area contributed by atoms with Crippen molar-refractivity contribution in [2.75, 3.05) is 32.6 Å². The third-order valence-electron chi connectivity index (χ3n) is 5.97. The van der Waals surface area contributed by atoms with Gasteiger partial charge in [0, 0.05) is 30.0 Å². The number of carbonyl (C=O) groups excluding carboxylic acids is 2. The number of amides is 2. The Morgan fingerprint density at radius 3 is 2.63 bits per heavy atom. The van der Waals surface area contributed by atoms with Crippen molar-refractivity contribution in [1.29, 1.82) is 0 Å². The Hall–Kier alpha value is -2.54. The number of ether oxygens (including phenoxy) is 2. The molecule has 30 heavy (non-hydrogen) atoms. The fourth-order valence-electron chi connectivity index (χ4n) is 4.25. The number of nitrogens with zero attached hydrogens (tertiary/aromatic N) is 1. The van der Waals surface area contributed by atoms with E-state index in [4.69, 9.17) is 9.47 Å². The summed E-state index contributed by atoms with van der Waals surface area (Å²) in [6.45, 7) is 1.71. The van der Waals surface area contributed by atoms with Crippen molar-refractivity contribution in [1.82, 2.24) is 4.90 Å². The van der Waals surface area contributed by atoms with Gasteiger partial charge in [0.1, 0.15) is 11.5 Å². The minimum Gasteiger partial charge on any atom is -0.497 e. The molecule has 2 heterocycles. The molecule has 0 spiro atoms. The summed E-state index contributed by atoms with van der Waals surface area (Å²) in [7, 11) is 3.17. The van der Waals surface area contributed by atoms with E-state index in [0.717, 1.165) is 49.2 Å². The highest BCUT2D eigenvalue weighted by atomic mass is 32.1. The zero-order valence-electron chi connectivity index (χ0n) is 17.5. The third-order valence-corrected chi connectivity index (χ3v) is 7.20. The van der Waals surface area contributed by atoms with E-state index >= 15 is 0 Å². The van der Waals surface area contributed by atoms with Gasteiger partial charge in [-0.1, -0.05) is 0 Å². The van der Waals surface area contributed by atoms with E-state index in [1.54, 1.807) is 43.8 Å². The molecule has 7 heteroatoms. The van der Waals surface area contributed by atoms with Crippen LogP contribution in [0, 0.1) is 5.92 Å². The third kappa shape index (κ3) is 4.31. The molecular formula is C23H28N2O4S. The van der Waals surface area contributed by atoms with Gasteiger partial charge in [-0.2, -0.15) is 0 Å². The van der Waals surface area contributed by atoms with Gasteiger partial charge in [0.15, 0.2) is 0 Å². The maximum Gasteiger partial charge on any atom is 0.263 e. The highest BCUT2D eigenvalue weighted by molar-refractivity contribution is 7.14. The molecule has 1 atom stereocenters. The fraction of sp³-hybridized carbons (Fsp3) is 0.478. The second-order valence-electron chi connectivity index (χ2n) is 7.91. The van der Waals surface area contributed by atoms with Gasteiger partial charge < -0.3 is 19.7 Å². The standard InChI is InChI=1S/C23H28N2O4S/c1-28-17-7-8-19(29-2)18(14-17)24-22(26)15-6-9-20-16(12-15)13-21(30-20)23(27)25-10-4-3-5-11-25/h7-8,13-15H,3-6,9-12H2,1-2H3,(H,24,26)/t15-/m0/s1. The summed E-state index contributed by atoms with van der Waals surface area (Å²) in [5.41, 5.74) is 1.75. The van der Waals surface area contributed by atoms with Gasteiger partial charge in [-0.3, -0.25) is 9.59 Å². The predicted molar refractivity (Wildman–Crippen MR) is 118 cm³/mol. The van der Waals surface area contributed by atoms with Crippen molar-refractivity contribution in [3.05, 3.63) is 39.6 Å². The van der Waals surface area contributed by atoms with E-state index in [2.05, 4.69) is 5.32 Å². The molecule has 0 saturated carbocycles. The van der Waals surface area contributed by atoms with E-state index in [1.165, 1.54) is 11.3 Å². The first-order valence-electron chi connectivity index (χ1n) is 10.5. The molecule has 2 aliphatic rings. The van der Waals surface area contributed by atoms with Gasteiger partial charge in [0.2, 0.25) is 5.91 Å². The topological polar surface area (TPSA) is 67.9 Å². The highest BCUT2D eigenvalue weighted by Gasteiger charge is 2.29. The van der Waals surface area contributed by atoms with Gasteiger partial charge in [-0.25, -0.2) is 0 Å². The minimum absolute atomic E-state index is 0.0256. The maximum absolute atomic E-state index is 13.0. The Bertz CT molecular complexity index is 933. The molecule has 2 aromatic rings. The van der Waals surface area contributed by atoms with Crippen LogP contribution in [-0.2, 0) is 17.6 Å². The van der Waals surface area contributed by atoms with E-state index < -0.39 is 0 Å². The second kappa shape index (κ2) is 9.08. The number of thiophene rings is 1. The van der Waals surface area contributed by atoms with E-state index in [-0.39, 0.29) is 17.7 Å². The highest BCUT2D eigenvalue weighted by Crippen LogP contribution is 2.35. The number of carbonyl (C=O) groups is 2. The van der Waals surface area contributed by atoms with E-state index in [9.17, 15) is 9.59 Å². The molecule has 1 aromatic carbocycles. The molecule has 4 rings (SSSR count). The molecule has 0 bridgehead atoms. The Balaban J connectivity index is 1.45. The van der Waals surface area contributed by atoms with Crippen LogP contribution in [0.25, 0.3) is 0 Å². The number of hydrogen-bond donors (Lipinski definition) is 1. The molecule has 1 N–H and O–H groups in total. The quantitative estimate of drug-likeness (QED) is 0.777. The van der Waals surface area contributed by atoms with Crippen LogP contribution in [0.5, 0.6) is 11.5 Å². The number of benzene rings is 1. The lowest BCUT2D eigenvalue weighted by molar-refractivity contribution is -0.120. The largest absolute Gasteiger partial charge is 0.497 e. The van der Waals surface area contributed by atoms with Gasteiger partial charge in [-0.05, 0) is 62.3 Å². The second-order valence-corrected chi connectivity index (χ2v) is 9.04. The van der Waals surface area contributed by atoms with Crippen molar-refractivity contribution in [2.24, 2.45) is 5.92 Å². The summed E-state index contributed by atoms with van der Waals surface area (Å²) in [5.74, 6) is 1.26. The molecule has 6 nitrogen and oxygen atoms in total. The summed E-state index contributed by atoms with van der Waals surface area (Å²) in [5, 5.41) is 3.00. The number of aryl methyl sites for hydroxylation is 1. The number of methoxy groups -OCH3 is 2. The first-order chi connectivity index (χ1) is 14.6. The summed E-state index contributed by atoms with van der Waals surface area (Å²) in [4.78, 5) is 29.8. The number of nitrogens with one attached hydrogen (secondary N) is 1. The van der Waals surface area contributed by atoms with Crippen molar-refractivity contribution in [2.45, 2.75) is 38.5 Å². The van der Waals surface area contributed by atoms with Crippen LogP contribution in [0.1, 0.15) is 45.8 Å². The monoisotopic (exact) mass is 428 g/mol. The lowest BCUT2D eigenvalue weighted by Gasteiger charge is -2.26. The van der Waals surface area contributed by atoms with Crippen LogP contribution in [-0.4, -0.2) is 44.0 Å². The van der Waals surface area contributed by atoms with Gasteiger partial charge in [0.25, 0.3) is 5.91 Å². The molecule has 1 saturated heterocycles. The van der Waals surface area contributed by atoms with Crippen molar-refractivity contribution in [3.63, 3.8) is 0 Å². The van der Waals surface area contributed by atoms with Crippen LogP contribution in [0.4, 0.5) is 5.69 Å². The molecule has 1 aliphatic heterocycles. The maximum atomic E-state index is 13.0. The van der Waals surface area contributed by atoms with E-state index in [1.807, 2.05) is 11.0 Å². The van der Waals surface area contributed by atoms with Crippen molar-refractivity contribution >= 4 is 28.8 Å².